The first kappa shape index (κ1) is 17.0. The standard InChI is InChI=1S/C16H20N2O5/c1-23-9-8-18(10-14(19)20)16(22)12-4-6-13(7-5-12)17-15(21)11-2-3-11/h4-7,11H,2-3,8-10H2,1H3,(H,17,21)(H,19,20). The van der Waals surface area contributed by atoms with E-state index in [1.165, 1.54) is 12.0 Å². The molecule has 0 unspecified atom stereocenters. The number of anilines is 1. The highest BCUT2D eigenvalue weighted by Gasteiger charge is 2.29. The van der Waals surface area contributed by atoms with Gasteiger partial charge in [0, 0.05) is 30.8 Å². The molecule has 2 N–H and O–H groups in total. The van der Waals surface area contributed by atoms with E-state index >= 15 is 0 Å². The number of benzene rings is 1. The van der Waals surface area contributed by atoms with Crippen molar-refractivity contribution in [1.82, 2.24) is 4.90 Å². The normalized spacial score (nSPS) is 13.4. The first-order valence-electron chi connectivity index (χ1n) is 7.42. The molecular weight excluding hydrogens is 300 g/mol. The van der Waals surface area contributed by atoms with Gasteiger partial charge >= 0.3 is 5.97 Å². The van der Waals surface area contributed by atoms with Crippen LogP contribution in [0.4, 0.5) is 5.69 Å². The van der Waals surface area contributed by atoms with Crippen LogP contribution in [0, 0.1) is 5.92 Å². The molecule has 0 atom stereocenters. The van der Waals surface area contributed by atoms with Crippen molar-refractivity contribution in [2.45, 2.75) is 12.8 Å². The molecule has 0 aliphatic heterocycles. The molecule has 1 aliphatic carbocycles. The number of hydrogen-bond acceptors (Lipinski definition) is 4. The van der Waals surface area contributed by atoms with Crippen LogP contribution in [-0.4, -0.2) is 54.6 Å². The van der Waals surface area contributed by atoms with E-state index < -0.39 is 5.97 Å². The van der Waals surface area contributed by atoms with Gasteiger partial charge in [-0.3, -0.25) is 14.4 Å². The van der Waals surface area contributed by atoms with Crippen LogP contribution in [0.1, 0.15) is 23.2 Å². The number of aliphatic carboxylic acids is 1. The van der Waals surface area contributed by atoms with E-state index in [1.54, 1.807) is 24.3 Å². The fourth-order valence-electron chi connectivity index (χ4n) is 2.09. The molecule has 7 nitrogen and oxygen atoms in total. The van der Waals surface area contributed by atoms with E-state index in [2.05, 4.69) is 5.32 Å². The van der Waals surface area contributed by atoms with Crippen LogP contribution in [0.3, 0.4) is 0 Å². The van der Waals surface area contributed by atoms with E-state index in [9.17, 15) is 14.4 Å². The number of nitrogens with one attached hydrogen (secondary N) is 1. The summed E-state index contributed by atoms with van der Waals surface area (Å²) in [5.74, 6) is -1.36. The van der Waals surface area contributed by atoms with Gasteiger partial charge in [-0.1, -0.05) is 0 Å². The highest BCUT2D eigenvalue weighted by Crippen LogP contribution is 2.30. The fraction of sp³-hybridized carbons (Fsp3) is 0.438. The summed E-state index contributed by atoms with van der Waals surface area (Å²) in [4.78, 5) is 36.1. The van der Waals surface area contributed by atoms with E-state index in [-0.39, 0.29) is 37.4 Å². The molecule has 0 radical (unpaired) electrons. The van der Waals surface area contributed by atoms with Crippen LogP contribution in [0.25, 0.3) is 0 Å². The summed E-state index contributed by atoms with van der Waals surface area (Å²) in [6, 6.07) is 6.44. The SMILES string of the molecule is COCCN(CC(=O)O)C(=O)c1ccc(NC(=O)C2CC2)cc1. The highest BCUT2D eigenvalue weighted by molar-refractivity contribution is 5.97. The molecule has 1 saturated carbocycles. The lowest BCUT2D eigenvalue weighted by Crippen LogP contribution is -2.38. The van der Waals surface area contributed by atoms with Crippen molar-refractivity contribution < 1.29 is 24.2 Å². The Hall–Kier alpha value is -2.41. The summed E-state index contributed by atoms with van der Waals surface area (Å²) in [7, 11) is 1.49. The molecule has 0 bridgehead atoms. The Labute approximate surface area is 134 Å². The van der Waals surface area contributed by atoms with Crippen LogP contribution in [-0.2, 0) is 14.3 Å². The second-order valence-corrected chi connectivity index (χ2v) is 5.45. The Kier molecular flexibility index (Phi) is 5.70. The van der Waals surface area contributed by atoms with Crippen LogP contribution in [0.2, 0.25) is 0 Å². The lowest BCUT2D eigenvalue weighted by Gasteiger charge is -2.20. The second-order valence-electron chi connectivity index (χ2n) is 5.45. The maximum atomic E-state index is 12.4. The number of ether oxygens (including phenoxy) is 1. The molecule has 0 heterocycles. The van der Waals surface area contributed by atoms with Crippen LogP contribution in [0.15, 0.2) is 24.3 Å². The van der Waals surface area contributed by atoms with Crippen molar-refractivity contribution in [3.63, 3.8) is 0 Å². The van der Waals surface area contributed by atoms with Gasteiger partial charge in [0.2, 0.25) is 5.91 Å². The van der Waals surface area contributed by atoms with Gasteiger partial charge in [-0.05, 0) is 37.1 Å². The van der Waals surface area contributed by atoms with Gasteiger partial charge in [-0.25, -0.2) is 0 Å². The minimum Gasteiger partial charge on any atom is -0.480 e. The number of amides is 2. The van der Waals surface area contributed by atoms with Crippen molar-refractivity contribution in [3.8, 4) is 0 Å². The Bertz CT molecular complexity index is 581. The fourth-order valence-corrected chi connectivity index (χ4v) is 2.09. The minimum absolute atomic E-state index is 0.00308. The predicted molar refractivity (Wildman–Crippen MR) is 83.2 cm³/mol. The van der Waals surface area contributed by atoms with E-state index in [4.69, 9.17) is 9.84 Å². The number of rotatable bonds is 8. The summed E-state index contributed by atoms with van der Waals surface area (Å²) in [6.45, 7) is 0.0682. The first-order valence-corrected chi connectivity index (χ1v) is 7.42. The van der Waals surface area contributed by atoms with Crippen molar-refractivity contribution in [2.24, 2.45) is 5.92 Å². The van der Waals surface area contributed by atoms with Crippen molar-refractivity contribution in [1.29, 1.82) is 0 Å². The molecule has 0 saturated heterocycles. The predicted octanol–water partition coefficient (Wildman–Crippen LogP) is 1.21. The Morgan fingerprint density at radius 2 is 1.91 bits per heavy atom. The molecule has 0 spiro atoms. The van der Waals surface area contributed by atoms with Gasteiger partial charge in [0.25, 0.3) is 5.91 Å². The highest BCUT2D eigenvalue weighted by atomic mass is 16.5. The number of hydrogen-bond donors (Lipinski definition) is 2. The van der Waals surface area contributed by atoms with E-state index in [1.807, 2.05) is 0 Å². The Balaban J connectivity index is 2.01. The molecule has 23 heavy (non-hydrogen) atoms. The zero-order valence-corrected chi connectivity index (χ0v) is 12.9. The average Bonchev–Trinajstić information content (AvgIpc) is 3.36. The third-order valence-corrected chi connectivity index (χ3v) is 3.53. The van der Waals surface area contributed by atoms with E-state index in [0.717, 1.165) is 12.8 Å². The van der Waals surface area contributed by atoms with Gasteiger partial charge in [-0.15, -0.1) is 0 Å². The smallest absolute Gasteiger partial charge is 0.323 e. The lowest BCUT2D eigenvalue weighted by atomic mass is 10.1. The molecule has 0 aromatic heterocycles. The molecule has 1 aromatic rings. The van der Waals surface area contributed by atoms with Crippen molar-refractivity contribution in [3.05, 3.63) is 29.8 Å². The maximum absolute atomic E-state index is 12.4. The van der Waals surface area contributed by atoms with Gasteiger partial charge in [-0.2, -0.15) is 0 Å². The van der Waals surface area contributed by atoms with Crippen molar-refractivity contribution in [2.75, 3.05) is 32.1 Å². The molecule has 7 heteroatoms. The summed E-state index contributed by atoms with van der Waals surface area (Å²) >= 11 is 0. The van der Waals surface area contributed by atoms with Gasteiger partial charge < -0.3 is 20.1 Å². The van der Waals surface area contributed by atoms with E-state index in [0.29, 0.717) is 11.3 Å². The van der Waals surface area contributed by atoms with Gasteiger partial charge in [0.15, 0.2) is 0 Å². The quantitative estimate of drug-likeness (QED) is 0.750. The minimum atomic E-state index is -1.08. The molecule has 1 aliphatic rings. The number of carboxylic acid groups (broad SMARTS) is 1. The second kappa shape index (κ2) is 7.73. The van der Waals surface area contributed by atoms with Gasteiger partial charge in [0.1, 0.15) is 6.54 Å². The molecule has 2 amide bonds. The zero-order chi connectivity index (χ0) is 16.8. The number of methoxy groups -OCH3 is 1. The molecule has 124 valence electrons. The number of nitrogens with zero attached hydrogens (tertiary/aromatic N) is 1. The summed E-state index contributed by atoms with van der Waals surface area (Å²) in [5, 5.41) is 11.7. The maximum Gasteiger partial charge on any atom is 0.323 e. The number of carboxylic acids is 1. The largest absolute Gasteiger partial charge is 0.480 e. The topological polar surface area (TPSA) is 95.9 Å². The zero-order valence-electron chi connectivity index (χ0n) is 12.9. The van der Waals surface area contributed by atoms with Gasteiger partial charge in [0.05, 0.1) is 6.61 Å². The monoisotopic (exact) mass is 320 g/mol. The first-order chi connectivity index (χ1) is 11.0. The lowest BCUT2D eigenvalue weighted by molar-refractivity contribution is -0.137. The molecule has 1 aromatic carbocycles. The molecule has 2 rings (SSSR count). The van der Waals surface area contributed by atoms with Crippen LogP contribution >= 0.6 is 0 Å². The summed E-state index contributed by atoms with van der Waals surface area (Å²) in [5.41, 5.74) is 0.993. The van der Waals surface area contributed by atoms with Crippen LogP contribution < -0.4 is 5.32 Å². The van der Waals surface area contributed by atoms with Crippen LogP contribution in [0.5, 0.6) is 0 Å². The Morgan fingerprint density at radius 3 is 2.43 bits per heavy atom. The Morgan fingerprint density at radius 1 is 1.26 bits per heavy atom. The summed E-state index contributed by atoms with van der Waals surface area (Å²) < 4.78 is 4.90. The third kappa shape index (κ3) is 5.07. The average molecular weight is 320 g/mol. The third-order valence-electron chi connectivity index (χ3n) is 3.53. The number of carbonyl (C=O) groups excluding carboxylic acids is 2. The molecular formula is C16H20N2O5. The van der Waals surface area contributed by atoms with Crippen molar-refractivity contribution >= 4 is 23.5 Å². The molecule has 1 fully saturated rings. The summed E-state index contributed by atoms with van der Waals surface area (Å²) in [6.07, 6.45) is 1.85. The number of carbonyl (C=O) groups is 3.